The number of halogens is 3. The number of carbonyl (C=O) groups excluding carboxylic acids is 2. The molecule has 0 aromatic heterocycles. The van der Waals surface area contributed by atoms with Crippen molar-refractivity contribution in [2.24, 2.45) is 34.8 Å². The highest BCUT2D eigenvalue weighted by Crippen LogP contribution is 2.60. The van der Waals surface area contributed by atoms with Crippen molar-refractivity contribution in [1.29, 1.82) is 0 Å². The third-order valence-corrected chi connectivity index (χ3v) is 11.0. The smallest absolute Gasteiger partial charge is 0.236 e. The van der Waals surface area contributed by atoms with Crippen molar-refractivity contribution in [1.82, 2.24) is 9.62 Å². The van der Waals surface area contributed by atoms with Crippen molar-refractivity contribution in [3.05, 3.63) is 27.2 Å². The summed E-state index contributed by atoms with van der Waals surface area (Å²) in [4.78, 5) is 25.4. The van der Waals surface area contributed by atoms with Gasteiger partial charge in [0.2, 0.25) is 11.8 Å². The number of rotatable bonds is 5. The largest absolute Gasteiger partial charge is 0.369 e. The molecule has 4 saturated carbocycles. The molecule has 1 aromatic rings. The molecule has 4 bridgehead atoms. The fourth-order valence-corrected chi connectivity index (χ4v) is 10.2. The van der Waals surface area contributed by atoms with Gasteiger partial charge >= 0.3 is 0 Å². The van der Waals surface area contributed by atoms with Crippen LogP contribution in [0.4, 0.5) is 5.69 Å². The predicted octanol–water partition coefficient (Wildman–Crippen LogP) is 4.78. The molecule has 3 unspecified atom stereocenters. The summed E-state index contributed by atoms with van der Waals surface area (Å²) in [6, 6.07) is 2.98. The number of hydrogen-bond donors (Lipinski definition) is 4. The van der Waals surface area contributed by atoms with Gasteiger partial charge in [0.1, 0.15) is 0 Å². The van der Waals surface area contributed by atoms with Gasteiger partial charge in [0.25, 0.3) is 0 Å². The molecule has 12 heteroatoms. The van der Waals surface area contributed by atoms with Gasteiger partial charge in [0.05, 0.1) is 22.3 Å². The Bertz CT molecular complexity index is 1020. The van der Waals surface area contributed by atoms with Crippen molar-refractivity contribution < 1.29 is 18.7 Å². The lowest BCUT2D eigenvalue weighted by Gasteiger charge is -2.59. The van der Waals surface area contributed by atoms with E-state index in [-0.39, 0.29) is 57.9 Å². The SMILES string of the molecule is CC1CN(CC(=O)NC2C3CC4CC2CC(C(N)=O)(C4)C3)S(O)(O)N(c2c(Cl)cc(Cl)cc2Cl)C1. The normalized spacial score (nSPS) is 36.7. The average Bonchev–Trinajstić information content (AvgIpc) is 2.73. The Balaban J connectivity index is 1.31. The van der Waals surface area contributed by atoms with Gasteiger partial charge in [-0.05, 0) is 78.9 Å². The Morgan fingerprint density at radius 1 is 1.11 bits per heavy atom. The molecule has 0 spiro atoms. The second kappa shape index (κ2) is 9.11. The highest BCUT2D eigenvalue weighted by atomic mass is 35.5. The van der Waals surface area contributed by atoms with Crippen LogP contribution in [0.3, 0.4) is 0 Å². The monoisotopic (exact) mass is 564 g/mol. The van der Waals surface area contributed by atoms with Gasteiger partial charge in [0.15, 0.2) is 0 Å². The highest BCUT2D eigenvalue weighted by Gasteiger charge is 2.58. The number of anilines is 1. The number of nitrogens with two attached hydrogens (primary N) is 1. The molecule has 1 saturated heterocycles. The quantitative estimate of drug-likeness (QED) is 0.408. The van der Waals surface area contributed by atoms with E-state index in [1.165, 1.54) is 20.7 Å². The zero-order valence-corrected chi connectivity index (χ0v) is 22.5. The molecule has 1 heterocycles. The summed E-state index contributed by atoms with van der Waals surface area (Å²) in [6.07, 6.45) is 4.30. The molecule has 194 valence electrons. The lowest BCUT2D eigenvalue weighted by molar-refractivity contribution is -0.147. The summed E-state index contributed by atoms with van der Waals surface area (Å²) in [7, 11) is -3.55. The minimum Gasteiger partial charge on any atom is -0.369 e. The standard InChI is InChI=1S/C23H31Cl3N4O4S/c1-12-9-29(35(33,34)30(10-12)21-17(25)4-16(24)5-18(21)26)11-19(31)28-20-14-2-13-3-15(20)8-23(6-13,7-14)22(27)32/h4-5,12-15,20,33-34H,2-3,6-11H2,1H3,(H2,27,32)(H,28,31). The number of primary amides is 1. The maximum Gasteiger partial charge on any atom is 0.236 e. The predicted molar refractivity (Wildman–Crippen MR) is 140 cm³/mol. The summed E-state index contributed by atoms with van der Waals surface area (Å²) in [6.45, 7) is 2.43. The molecule has 1 aliphatic heterocycles. The second-order valence-electron chi connectivity index (χ2n) is 10.9. The first kappa shape index (κ1) is 25.7. The molecule has 0 radical (unpaired) electrons. The Hall–Kier alpha value is -0.940. The van der Waals surface area contributed by atoms with E-state index in [1.807, 2.05) is 6.92 Å². The van der Waals surface area contributed by atoms with Gasteiger partial charge in [-0.25, -0.2) is 0 Å². The summed E-state index contributed by atoms with van der Waals surface area (Å²) in [5.41, 5.74) is 5.64. The van der Waals surface area contributed by atoms with Crippen molar-refractivity contribution in [3.8, 4) is 0 Å². The van der Waals surface area contributed by atoms with Crippen molar-refractivity contribution in [2.45, 2.75) is 45.1 Å². The molecular weight excluding hydrogens is 535 g/mol. The summed E-state index contributed by atoms with van der Waals surface area (Å²) in [5, 5.41) is 3.93. The Morgan fingerprint density at radius 2 is 1.71 bits per heavy atom. The lowest BCUT2D eigenvalue weighted by atomic mass is 9.47. The van der Waals surface area contributed by atoms with E-state index >= 15 is 0 Å². The Morgan fingerprint density at radius 3 is 2.29 bits per heavy atom. The molecule has 5 fully saturated rings. The van der Waals surface area contributed by atoms with E-state index < -0.39 is 16.4 Å². The lowest BCUT2D eigenvalue weighted by Crippen LogP contribution is -2.63. The summed E-state index contributed by atoms with van der Waals surface area (Å²) < 4.78 is 25.3. The van der Waals surface area contributed by atoms with Crippen LogP contribution in [0.1, 0.15) is 39.0 Å². The molecule has 8 nitrogen and oxygen atoms in total. The van der Waals surface area contributed by atoms with E-state index in [1.54, 1.807) is 0 Å². The average molecular weight is 566 g/mol. The maximum absolute atomic E-state index is 13.2. The van der Waals surface area contributed by atoms with Crippen molar-refractivity contribution in [2.75, 3.05) is 23.9 Å². The van der Waals surface area contributed by atoms with Gasteiger partial charge in [-0.2, -0.15) is 4.31 Å². The minimum atomic E-state index is -3.55. The van der Waals surface area contributed by atoms with Crippen LogP contribution in [0.2, 0.25) is 15.1 Å². The topological polar surface area (TPSA) is 119 Å². The van der Waals surface area contributed by atoms with E-state index in [4.69, 9.17) is 40.5 Å². The van der Waals surface area contributed by atoms with Crippen LogP contribution in [0.25, 0.3) is 0 Å². The summed E-state index contributed by atoms with van der Waals surface area (Å²) >= 11 is 18.8. The van der Waals surface area contributed by atoms with Gasteiger partial charge in [-0.15, -0.1) is 0 Å². The van der Waals surface area contributed by atoms with Gasteiger partial charge in [-0.3, -0.25) is 23.0 Å². The van der Waals surface area contributed by atoms with Gasteiger partial charge < -0.3 is 11.1 Å². The third kappa shape index (κ3) is 4.51. The molecule has 5 N–H and O–H groups in total. The first-order valence-electron chi connectivity index (χ1n) is 11.9. The van der Waals surface area contributed by atoms with Gasteiger partial charge in [0, 0.05) is 29.6 Å². The minimum absolute atomic E-state index is 0.0159. The van der Waals surface area contributed by atoms with Crippen LogP contribution in [-0.2, 0) is 9.59 Å². The molecular formula is C23H31Cl3N4O4S. The molecule has 4 aliphatic carbocycles. The molecule has 6 rings (SSSR count). The second-order valence-corrected chi connectivity index (χ2v) is 14.1. The number of hydrogen-bond acceptors (Lipinski definition) is 6. The van der Waals surface area contributed by atoms with Crippen LogP contribution >= 0.6 is 45.8 Å². The number of nitrogens with one attached hydrogen (secondary N) is 1. The fourth-order valence-electron chi connectivity index (χ4n) is 7.12. The molecule has 1 aromatic carbocycles. The maximum atomic E-state index is 13.2. The zero-order valence-electron chi connectivity index (χ0n) is 19.4. The first-order chi connectivity index (χ1) is 16.4. The number of benzene rings is 1. The van der Waals surface area contributed by atoms with Crippen molar-refractivity contribution in [3.63, 3.8) is 0 Å². The Kier molecular flexibility index (Phi) is 6.69. The third-order valence-electron chi connectivity index (χ3n) is 8.31. The first-order valence-corrected chi connectivity index (χ1v) is 14.5. The van der Waals surface area contributed by atoms with Crippen LogP contribution in [0, 0.1) is 29.1 Å². The van der Waals surface area contributed by atoms with E-state index in [0.717, 1.165) is 32.1 Å². The van der Waals surface area contributed by atoms with Crippen LogP contribution < -0.4 is 15.4 Å². The van der Waals surface area contributed by atoms with Crippen molar-refractivity contribution >= 4 is 63.3 Å². The van der Waals surface area contributed by atoms with Crippen LogP contribution in [0.15, 0.2) is 12.1 Å². The highest BCUT2D eigenvalue weighted by molar-refractivity contribution is 8.23. The number of amides is 2. The fraction of sp³-hybridized carbons (Fsp3) is 0.652. The number of nitrogens with zero attached hydrogens (tertiary/aromatic N) is 2. The Labute approximate surface area is 222 Å². The van der Waals surface area contributed by atoms with Gasteiger partial charge in [-0.1, -0.05) is 41.7 Å². The van der Waals surface area contributed by atoms with E-state index in [9.17, 15) is 18.7 Å². The van der Waals surface area contributed by atoms with Crippen LogP contribution in [-0.4, -0.2) is 50.9 Å². The zero-order chi connectivity index (χ0) is 25.3. The molecule has 5 aliphatic rings. The number of carbonyl (C=O) groups is 2. The molecule has 2 amide bonds. The molecule has 35 heavy (non-hydrogen) atoms. The van der Waals surface area contributed by atoms with Crippen LogP contribution in [0.5, 0.6) is 0 Å². The van der Waals surface area contributed by atoms with E-state index in [0.29, 0.717) is 24.0 Å². The summed E-state index contributed by atoms with van der Waals surface area (Å²) in [5.74, 6) is 0.478. The molecule has 3 atom stereocenters. The van der Waals surface area contributed by atoms with E-state index in [2.05, 4.69) is 5.32 Å².